The number of nitrogens with zero attached hydrogens (tertiary/aromatic N) is 1. The van der Waals surface area contributed by atoms with Crippen LogP contribution in [0, 0.1) is 0 Å². The van der Waals surface area contributed by atoms with Crippen molar-refractivity contribution in [2.24, 2.45) is 0 Å². The number of carboxylic acids is 1. The highest BCUT2D eigenvalue weighted by Crippen LogP contribution is 2.21. The van der Waals surface area contributed by atoms with E-state index in [0.717, 1.165) is 13.0 Å². The van der Waals surface area contributed by atoms with Crippen LogP contribution in [-0.2, 0) is 25.5 Å². The van der Waals surface area contributed by atoms with Gasteiger partial charge in [-0.05, 0) is 48.4 Å². The van der Waals surface area contributed by atoms with E-state index < -0.39 is 11.9 Å². The third-order valence-electron chi connectivity index (χ3n) is 3.76. The summed E-state index contributed by atoms with van der Waals surface area (Å²) in [6.07, 6.45) is 1.48. The van der Waals surface area contributed by atoms with Crippen molar-refractivity contribution < 1.29 is 24.2 Å². The SMILES string of the molecule is CN(CCCOC(=O)C(=O)O)CCOCCc1ccc2sccc2c1. The van der Waals surface area contributed by atoms with Gasteiger partial charge in [0.25, 0.3) is 0 Å². The van der Waals surface area contributed by atoms with Gasteiger partial charge >= 0.3 is 11.9 Å². The molecule has 0 fully saturated rings. The van der Waals surface area contributed by atoms with Crippen LogP contribution < -0.4 is 0 Å². The minimum absolute atomic E-state index is 0.112. The molecule has 6 nitrogen and oxygen atoms in total. The van der Waals surface area contributed by atoms with Gasteiger partial charge in [-0.25, -0.2) is 9.59 Å². The molecule has 0 aliphatic rings. The fourth-order valence-electron chi connectivity index (χ4n) is 2.36. The van der Waals surface area contributed by atoms with Crippen LogP contribution in [0.5, 0.6) is 0 Å². The summed E-state index contributed by atoms with van der Waals surface area (Å²) in [5.74, 6) is -2.76. The maximum absolute atomic E-state index is 10.8. The third-order valence-corrected chi connectivity index (χ3v) is 4.66. The number of esters is 1. The van der Waals surface area contributed by atoms with E-state index in [1.165, 1.54) is 15.6 Å². The Morgan fingerprint density at radius 3 is 2.80 bits per heavy atom. The molecule has 0 aliphatic carbocycles. The van der Waals surface area contributed by atoms with Crippen LogP contribution in [0.3, 0.4) is 0 Å². The molecule has 2 rings (SSSR count). The number of hydrogen-bond donors (Lipinski definition) is 1. The summed E-state index contributed by atoms with van der Waals surface area (Å²) in [6, 6.07) is 8.64. The van der Waals surface area contributed by atoms with E-state index in [-0.39, 0.29) is 6.61 Å². The molecule has 0 atom stereocenters. The molecule has 2 aromatic rings. The number of carbonyl (C=O) groups excluding carboxylic acids is 1. The molecule has 1 aromatic carbocycles. The lowest BCUT2D eigenvalue weighted by Gasteiger charge is -2.16. The highest BCUT2D eigenvalue weighted by Gasteiger charge is 2.12. The number of carboxylic acid groups (broad SMARTS) is 1. The van der Waals surface area contributed by atoms with E-state index in [1.807, 2.05) is 7.05 Å². The molecular formula is C18H23NO5S. The third kappa shape index (κ3) is 6.81. The molecule has 136 valence electrons. The monoisotopic (exact) mass is 365 g/mol. The second-order valence-corrected chi connectivity index (χ2v) is 6.70. The van der Waals surface area contributed by atoms with Gasteiger partial charge in [0.2, 0.25) is 0 Å². The average molecular weight is 365 g/mol. The number of hydrogen-bond acceptors (Lipinski definition) is 6. The molecule has 0 saturated carbocycles. The molecule has 1 aromatic heterocycles. The number of carbonyl (C=O) groups is 2. The van der Waals surface area contributed by atoms with Gasteiger partial charge in [0.1, 0.15) is 0 Å². The number of fused-ring (bicyclic) bond motifs is 1. The molecule has 25 heavy (non-hydrogen) atoms. The standard InChI is InChI=1S/C18H23NO5S/c1-19(7-2-9-24-18(22)17(20)21)8-11-23-10-5-14-3-4-16-15(13-14)6-12-25-16/h3-4,6,12-13H,2,5,7-11H2,1H3,(H,20,21). The first-order valence-corrected chi connectivity index (χ1v) is 9.06. The zero-order valence-corrected chi connectivity index (χ0v) is 15.1. The number of benzene rings is 1. The smallest absolute Gasteiger partial charge is 0.417 e. The predicted octanol–water partition coefficient (Wildman–Crippen LogP) is 2.41. The zero-order chi connectivity index (χ0) is 18.1. The van der Waals surface area contributed by atoms with Crippen molar-refractivity contribution in [2.75, 3.05) is 40.0 Å². The fourth-order valence-corrected chi connectivity index (χ4v) is 3.13. The van der Waals surface area contributed by atoms with Gasteiger partial charge in [-0.2, -0.15) is 0 Å². The lowest BCUT2D eigenvalue weighted by Crippen LogP contribution is -2.26. The summed E-state index contributed by atoms with van der Waals surface area (Å²) in [5.41, 5.74) is 1.28. The van der Waals surface area contributed by atoms with Gasteiger partial charge in [-0.15, -0.1) is 11.3 Å². The number of rotatable bonds is 10. The summed E-state index contributed by atoms with van der Waals surface area (Å²) >= 11 is 1.75. The maximum Gasteiger partial charge on any atom is 0.417 e. The van der Waals surface area contributed by atoms with Crippen LogP contribution in [0.2, 0.25) is 0 Å². The van der Waals surface area contributed by atoms with Crippen LogP contribution in [-0.4, -0.2) is 61.9 Å². The van der Waals surface area contributed by atoms with Crippen molar-refractivity contribution in [1.82, 2.24) is 4.90 Å². The van der Waals surface area contributed by atoms with E-state index in [2.05, 4.69) is 39.3 Å². The molecule has 0 amide bonds. The maximum atomic E-state index is 10.8. The van der Waals surface area contributed by atoms with E-state index in [9.17, 15) is 9.59 Å². The summed E-state index contributed by atoms with van der Waals surface area (Å²) in [4.78, 5) is 23.1. The summed E-state index contributed by atoms with van der Waals surface area (Å²) in [6.45, 7) is 2.91. The van der Waals surface area contributed by atoms with E-state index in [0.29, 0.717) is 26.2 Å². The number of aliphatic carboxylic acids is 1. The van der Waals surface area contributed by atoms with Gasteiger partial charge < -0.3 is 19.5 Å². The Kier molecular flexibility index (Phi) is 7.84. The highest BCUT2D eigenvalue weighted by molar-refractivity contribution is 7.17. The molecular weight excluding hydrogens is 342 g/mol. The quantitative estimate of drug-likeness (QED) is 0.396. The Morgan fingerprint density at radius 2 is 2.00 bits per heavy atom. The molecule has 0 aliphatic heterocycles. The first kappa shape index (κ1) is 19.4. The first-order valence-electron chi connectivity index (χ1n) is 8.19. The molecule has 0 spiro atoms. The van der Waals surface area contributed by atoms with Gasteiger partial charge in [0.05, 0.1) is 19.8 Å². The van der Waals surface area contributed by atoms with Crippen molar-refractivity contribution in [1.29, 1.82) is 0 Å². The zero-order valence-electron chi connectivity index (χ0n) is 14.3. The second-order valence-electron chi connectivity index (χ2n) is 5.75. The van der Waals surface area contributed by atoms with Crippen molar-refractivity contribution >= 4 is 33.4 Å². The topological polar surface area (TPSA) is 76.1 Å². The highest BCUT2D eigenvalue weighted by atomic mass is 32.1. The van der Waals surface area contributed by atoms with E-state index >= 15 is 0 Å². The molecule has 0 unspecified atom stereocenters. The van der Waals surface area contributed by atoms with Crippen LogP contribution in [0.1, 0.15) is 12.0 Å². The van der Waals surface area contributed by atoms with Crippen LogP contribution in [0.25, 0.3) is 10.1 Å². The largest absolute Gasteiger partial charge is 0.473 e. The number of ether oxygens (including phenoxy) is 2. The van der Waals surface area contributed by atoms with Crippen LogP contribution >= 0.6 is 11.3 Å². The Hall–Kier alpha value is -1.96. The lowest BCUT2D eigenvalue weighted by molar-refractivity contribution is -0.164. The molecule has 0 saturated heterocycles. The lowest BCUT2D eigenvalue weighted by atomic mass is 10.1. The normalized spacial score (nSPS) is 11.1. The number of thiophene rings is 1. The van der Waals surface area contributed by atoms with E-state index in [1.54, 1.807) is 11.3 Å². The Labute approximate surface area is 151 Å². The van der Waals surface area contributed by atoms with Gasteiger partial charge in [-0.1, -0.05) is 12.1 Å². The number of likely N-dealkylation sites (N-methyl/N-ethyl adjacent to an activating group) is 1. The van der Waals surface area contributed by atoms with Crippen molar-refractivity contribution in [2.45, 2.75) is 12.8 Å². The summed E-state index contributed by atoms with van der Waals surface area (Å²) in [5, 5.41) is 11.8. The molecule has 0 radical (unpaired) electrons. The minimum atomic E-state index is -1.56. The Bertz CT molecular complexity index is 700. The molecule has 1 heterocycles. The van der Waals surface area contributed by atoms with Gasteiger partial charge in [0.15, 0.2) is 0 Å². The molecule has 1 N–H and O–H groups in total. The molecule has 0 bridgehead atoms. The van der Waals surface area contributed by atoms with Crippen LogP contribution in [0.15, 0.2) is 29.6 Å². The van der Waals surface area contributed by atoms with Gasteiger partial charge in [0, 0.05) is 17.8 Å². The van der Waals surface area contributed by atoms with Gasteiger partial charge in [-0.3, -0.25) is 0 Å². The summed E-state index contributed by atoms with van der Waals surface area (Å²) < 4.78 is 11.6. The Morgan fingerprint density at radius 1 is 1.16 bits per heavy atom. The predicted molar refractivity (Wildman–Crippen MR) is 97.1 cm³/mol. The minimum Gasteiger partial charge on any atom is -0.473 e. The first-order chi connectivity index (χ1) is 12.1. The fraction of sp³-hybridized carbons (Fsp3) is 0.444. The second kappa shape index (κ2) is 10.1. The van der Waals surface area contributed by atoms with E-state index in [4.69, 9.17) is 9.84 Å². The molecule has 7 heteroatoms. The van der Waals surface area contributed by atoms with Crippen molar-refractivity contribution in [3.63, 3.8) is 0 Å². The average Bonchev–Trinajstić information content (AvgIpc) is 3.05. The van der Waals surface area contributed by atoms with Crippen molar-refractivity contribution in [3.8, 4) is 0 Å². The summed E-state index contributed by atoms with van der Waals surface area (Å²) in [7, 11) is 1.95. The van der Waals surface area contributed by atoms with Crippen molar-refractivity contribution in [3.05, 3.63) is 35.2 Å². The van der Waals surface area contributed by atoms with Crippen LogP contribution in [0.4, 0.5) is 0 Å². The Balaban J connectivity index is 1.52.